The standard InChI is InChI=1S/C33H30N8O/c1-20-16-36-33(37-28-15-21(2)40(3)39-28)38-30(20)25-18-35-31-24(25)12-8-14-27(31)41-19-23-11-7-13-26(29(23)32(41)42)34-17-22-9-5-4-6-10-22/h4-16,18,34-35H,17,19H2,1-3H3,(H,36,37,38,39). The van der Waals surface area contributed by atoms with Crippen LogP contribution in [0.1, 0.15) is 32.7 Å². The van der Waals surface area contributed by atoms with Gasteiger partial charge in [-0.3, -0.25) is 9.48 Å². The van der Waals surface area contributed by atoms with Crippen LogP contribution in [-0.4, -0.2) is 30.6 Å². The van der Waals surface area contributed by atoms with E-state index >= 15 is 0 Å². The number of hydrogen-bond donors (Lipinski definition) is 3. The van der Waals surface area contributed by atoms with Crippen LogP contribution in [0.3, 0.4) is 0 Å². The molecule has 42 heavy (non-hydrogen) atoms. The van der Waals surface area contributed by atoms with Crippen molar-refractivity contribution in [3.63, 3.8) is 0 Å². The van der Waals surface area contributed by atoms with Crippen molar-refractivity contribution < 1.29 is 4.79 Å². The Hall–Kier alpha value is -5.44. The predicted molar refractivity (Wildman–Crippen MR) is 166 cm³/mol. The number of carbonyl (C=O) groups excluding carboxylic acids is 1. The van der Waals surface area contributed by atoms with Crippen molar-refractivity contribution in [1.82, 2.24) is 24.7 Å². The molecule has 3 aromatic carbocycles. The van der Waals surface area contributed by atoms with Crippen LogP contribution in [0.15, 0.2) is 85.2 Å². The Balaban J connectivity index is 1.20. The number of aromatic amines is 1. The van der Waals surface area contributed by atoms with Gasteiger partial charge in [0.15, 0.2) is 5.82 Å². The first kappa shape index (κ1) is 25.5. The molecule has 4 heterocycles. The van der Waals surface area contributed by atoms with E-state index in [2.05, 4.69) is 43.9 Å². The van der Waals surface area contributed by atoms with E-state index in [0.29, 0.717) is 24.9 Å². The number of carbonyl (C=O) groups is 1. The highest BCUT2D eigenvalue weighted by Gasteiger charge is 2.32. The zero-order valence-electron chi connectivity index (χ0n) is 23.6. The lowest BCUT2D eigenvalue weighted by molar-refractivity contribution is 0.0997. The van der Waals surface area contributed by atoms with Crippen molar-refractivity contribution in [3.05, 3.63) is 113 Å². The number of rotatable bonds is 7. The average molecular weight is 555 g/mol. The van der Waals surface area contributed by atoms with E-state index < -0.39 is 0 Å². The smallest absolute Gasteiger partial charge is 0.261 e. The number of aryl methyl sites for hydroxylation is 3. The molecule has 208 valence electrons. The second kappa shape index (κ2) is 10.2. The molecule has 0 aliphatic carbocycles. The molecule has 0 spiro atoms. The zero-order chi connectivity index (χ0) is 28.8. The molecule has 0 unspecified atom stereocenters. The van der Waals surface area contributed by atoms with Crippen molar-refractivity contribution in [3.8, 4) is 11.3 Å². The molecule has 1 aliphatic rings. The van der Waals surface area contributed by atoms with Crippen molar-refractivity contribution in [1.29, 1.82) is 0 Å². The van der Waals surface area contributed by atoms with Gasteiger partial charge in [-0.2, -0.15) is 5.10 Å². The van der Waals surface area contributed by atoms with Gasteiger partial charge >= 0.3 is 0 Å². The predicted octanol–water partition coefficient (Wildman–Crippen LogP) is 6.49. The molecule has 0 fully saturated rings. The summed E-state index contributed by atoms with van der Waals surface area (Å²) >= 11 is 0. The summed E-state index contributed by atoms with van der Waals surface area (Å²) in [6, 6.07) is 24.2. The first-order chi connectivity index (χ1) is 20.5. The number of amides is 1. The minimum Gasteiger partial charge on any atom is -0.380 e. The van der Waals surface area contributed by atoms with E-state index in [1.807, 2.05) is 92.8 Å². The Morgan fingerprint density at radius 1 is 1.00 bits per heavy atom. The Bertz CT molecular complexity index is 1940. The number of hydrogen-bond acceptors (Lipinski definition) is 6. The van der Waals surface area contributed by atoms with Crippen LogP contribution in [0.5, 0.6) is 0 Å². The van der Waals surface area contributed by atoms with Crippen LogP contribution < -0.4 is 15.5 Å². The Morgan fingerprint density at radius 2 is 1.83 bits per heavy atom. The van der Waals surface area contributed by atoms with Gasteiger partial charge in [0.25, 0.3) is 5.91 Å². The van der Waals surface area contributed by atoms with Gasteiger partial charge in [0.1, 0.15) is 0 Å². The van der Waals surface area contributed by atoms with E-state index in [4.69, 9.17) is 4.98 Å². The van der Waals surface area contributed by atoms with Crippen LogP contribution in [0.25, 0.3) is 22.2 Å². The van der Waals surface area contributed by atoms with Crippen molar-refractivity contribution >= 4 is 40.0 Å². The average Bonchev–Trinajstić information content (AvgIpc) is 3.68. The molecule has 0 saturated heterocycles. The molecule has 1 aliphatic heterocycles. The zero-order valence-corrected chi connectivity index (χ0v) is 23.6. The fourth-order valence-electron chi connectivity index (χ4n) is 5.57. The van der Waals surface area contributed by atoms with Crippen LogP contribution in [0.4, 0.5) is 23.1 Å². The Kier molecular flexibility index (Phi) is 6.19. The van der Waals surface area contributed by atoms with Crippen LogP contribution in [-0.2, 0) is 20.1 Å². The number of fused-ring (bicyclic) bond motifs is 2. The second-order valence-corrected chi connectivity index (χ2v) is 10.6. The van der Waals surface area contributed by atoms with Gasteiger partial charge < -0.3 is 20.5 Å². The molecule has 9 heteroatoms. The van der Waals surface area contributed by atoms with E-state index in [1.165, 1.54) is 0 Å². The summed E-state index contributed by atoms with van der Waals surface area (Å²) in [5, 5.41) is 12.1. The maximum atomic E-state index is 13.9. The van der Waals surface area contributed by atoms with Gasteiger partial charge in [-0.1, -0.05) is 54.6 Å². The summed E-state index contributed by atoms with van der Waals surface area (Å²) in [6.07, 6.45) is 3.77. The van der Waals surface area contributed by atoms with E-state index in [9.17, 15) is 4.79 Å². The normalized spacial score (nSPS) is 12.6. The maximum absolute atomic E-state index is 13.9. The van der Waals surface area contributed by atoms with Crippen LogP contribution in [0.2, 0.25) is 0 Å². The SMILES string of the molecule is Cc1cnc(Nc2cc(C)n(C)n2)nc1-c1c[nH]c2c(N3Cc4cccc(NCc5ccccc5)c4C3=O)cccc12. The van der Waals surface area contributed by atoms with Crippen molar-refractivity contribution in [2.24, 2.45) is 7.05 Å². The topological polar surface area (TPSA) is 104 Å². The number of anilines is 4. The molecule has 7 rings (SSSR count). The molecular weight excluding hydrogens is 524 g/mol. The fraction of sp³-hybridized carbons (Fsp3) is 0.152. The summed E-state index contributed by atoms with van der Waals surface area (Å²) in [6.45, 7) is 5.15. The van der Waals surface area contributed by atoms with Gasteiger partial charge in [0.05, 0.1) is 29.0 Å². The van der Waals surface area contributed by atoms with Gasteiger partial charge in [0, 0.05) is 54.4 Å². The summed E-state index contributed by atoms with van der Waals surface area (Å²) in [5.41, 5.74) is 9.21. The lowest BCUT2D eigenvalue weighted by atomic mass is 10.1. The van der Waals surface area contributed by atoms with Crippen molar-refractivity contribution in [2.75, 3.05) is 15.5 Å². The maximum Gasteiger partial charge on any atom is 0.261 e. The highest BCUT2D eigenvalue weighted by atomic mass is 16.2. The van der Waals surface area contributed by atoms with Gasteiger partial charge in [-0.25, -0.2) is 9.97 Å². The molecule has 1 amide bonds. The van der Waals surface area contributed by atoms with Gasteiger partial charge in [-0.15, -0.1) is 0 Å². The second-order valence-electron chi connectivity index (χ2n) is 10.6. The molecule has 9 nitrogen and oxygen atoms in total. The summed E-state index contributed by atoms with van der Waals surface area (Å²) in [5.74, 6) is 1.15. The molecular formula is C33H30N8O. The third-order valence-electron chi connectivity index (χ3n) is 7.83. The number of nitrogens with zero attached hydrogens (tertiary/aromatic N) is 5. The van der Waals surface area contributed by atoms with Gasteiger partial charge in [-0.05, 0) is 42.7 Å². The first-order valence-electron chi connectivity index (χ1n) is 13.9. The summed E-state index contributed by atoms with van der Waals surface area (Å²) < 4.78 is 1.80. The Morgan fingerprint density at radius 3 is 2.64 bits per heavy atom. The third-order valence-corrected chi connectivity index (χ3v) is 7.83. The van der Waals surface area contributed by atoms with Gasteiger partial charge in [0.2, 0.25) is 5.95 Å². The molecule has 6 aromatic rings. The molecule has 0 radical (unpaired) electrons. The lowest BCUT2D eigenvalue weighted by Gasteiger charge is -2.17. The highest BCUT2D eigenvalue weighted by Crippen LogP contribution is 2.39. The molecule has 3 N–H and O–H groups in total. The number of aromatic nitrogens is 5. The molecule has 3 aromatic heterocycles. The quantitative estimate of drug-likeness (QED) is 0.208. The van der Waals surface area contributed by atoms with Crippen LogP contribution in [0, 0.1) is 13.8 Å². The Labute approximate surface area is 243 Å². The van der Waals surface area contributed by atoms with E-state index in [0.717, 1.165) is 61.5 Å². The number of benzene rings is 3. The fourth-order valence-corrected chi connectivity index (χ4v) is 5.57. The minimum atomic E-state index is -0.0137. The van der Waals surface area contributed by atoms with E-state index in [-0.39, 0.29) is 5.91 Å². The third kappa shape index (κ3) is 4.45. The largest absolute Gasteiger partial charge is 0.380 e. The highest BCUT2D eigenvalue weighted by molar-refractivity contribution is 6.17. The summed E-state index contributed by atoms with van der Waals surface area (Å²) in [7, 11) is 1.90. The molecule has 0 saturated carbocycles. The number of H-pyrrole nitrogens is 1. The molecule has 0 atom stereocenters. The van der Waals surface area contributed by atoms with Crippen LogP contribution >= 0.6 is 0 Å². The lowest BCUT2D eigenvalue weighted by Crippen LogP contribution is -2.23. The van der Waals surface area contributed by atoms with Crippen molar-refractivity contribution in [2.45, 2.75) is 26.9 Å². The summed E-state index contributed by atoms with van der Waals surface area (Å²) in [4.78, 5) is 28.5. The minimum absolute atomic E-state index is 0.0137. The van der Waals surface area contributed by atoms with E-state index in [1.54, 1.807) is 4.68 Å². The first-order valence-corrected chi connectivity index (χ1v) is 13.9. The number of nitrogens with one attached hydrogen (secondary N) is 3. The number of para-hydroxylation sites is 1. The monoisotopic (exact) mass is 554 g/mol. The molecule has 0 bridgehead atoms.